The van der Waals surface area contributed by atoms with E-state index in [1.165, 1.54) is 0 Å². The Hall–Kier alpha value is -1.71. The van der Waals surface area contributed by atoms with Gasteiger partial charge in [-0.15, -0.1) is 12.4 Å². The van der Waals surface area contributed by atoms with Gasteiger partial charge in [-0.25, -0.2) is 0 Å². The third-order valence-corrected chi connectivity index (χ3v) is 4.00. The van der Waals surface area contributed by atoms with Crippen LogP contribution in [0.1, 0.15) is 25.0 Å². The van der Waals surface area contributed by atoms with Crippen LogP contribution in [-0.2, 0) is 16.6 Å². The lowest BCUT2D eigenvalue weighted by Crippen LogP contribution is -2.37. The van der Waals surface area contributed by atoms with Crippen LogP contribution in [0.15, 0.2) is 48.5 Å². The topological polar surface area (TPSA) is 55.1 Å². The molecule has 0 heterocycles. The SMILES string of the molecule is CC(C)(CNC(=O)Cc1ccc(N)cc1)c1ccccc1Cl.Cl. The Morgan fingerprint density at radius 2 is 1.74 bits per heavy atom. The maximum Gasteiger partial charge on any atom is 0.224 e. The maximum absolute atomic E-state index is 12.1. The van der Waals surface area contributed by atoms with E-state index in [1.54, 1.807) is 12.1 Å². The molecule has 2 rings (SSSR count). The molecule has 0 aliphatic heterocycles. The largest absolute Gasteiger partial charge is 0.399 e. The number of carbonyl (C=O) groups is 1. The zero-order valence-corrected chi connectivity index (χ0v) is 14.9. The highest BCUT2D eigenvalue weighted by Crippen LogP contribution is 2.28. The molecule has 0 aliphatic carbocycles. The monoisotopic (exact) mass is 352 g/mol. The molecule has 3 nitrogen and oxygen atoms in total. The van der Waals surface area contributed by atoms with Crippen molar-refractivity contribution in [3.8, 4) is 0 Å². The Morgan fingerprint density at radius 3 is 2.35 bits per heavy atom. The first-order valence-electron chi connectivity index (χ1n) is 7.24. The summed E-state index contributed by atoms with van der Waals surface area (Å²) < 4.78 is 0. The Balaban J connectivity index is 0.00000264. The summed E-state index contributed by atoms with van der Waals surface area (Å²) in [5, 5.41) is 3.71. The van der Waals surface area contributed by atoms with E-state index < -0.39 is 0 Å². The van der Waals surface area contributed by atoms with Gasteiger partial charge >= 0.3 is 0 Å². The highest BCUT2D eigenvalue weighted by molar-refractivity contribution is 6.31. The van der Waals surface area contributed by atoms with Gasteiger partial charge in [0, 0.05) is 22.7 Å². The van der Waals surface area contributed by atoms with Gasteiger partial charge in [-0.1, -0.05) is 55.8 Å². The average Bonchev–Trinajstić information content (AvgIpc) is 2.48. The van der Waals surface area contributed by atoms with Crippen LogP contribution >= 0.6 is 24.0 Å². The molecule has 3 N–H and O–H groups in total. The first-order valence-corrected chi connectivity index (χ1v) is 7.62. The molecule has 0 radical (unpaired) electrons. The fraction of sp³-hybridized carbons (Fsp3) is 0.278. The lowest BCUT2D eigenvalue weighted by molar-refractivity contribution is -0.120. The third kappa shape index (κ3) is 5.45. The standard InChI is InChI=1S/C18H21ClN2O.ClH/c1-18(2,15-5-3-4-6-16(15)19)12-21-17(22)11-13-7-9-14(20)10-8-13;/h3-10H,11-12,20H2,1-2H3,(H,21,22);1H. The fourth-order valence-electron chi connectivity index (χ4n) is 2.31. The van der Waals surface area contributed by atoms with E-state index >= 15 is 0 Å². The van der Waals surface area contributed by atoms with Crippen molar-refractivity contribution in [2.45, 2.75) is 25.7 Å². The molecule has 0 fully saturated rings. The van der Waals surface area contributed by atoms with Crippen molar-refractivity contribution in [2.75, 3.05) is 12.3 Å². The quantitative estimate of drug-likeness (QED) is 0.799. The van der Waals surface area contributed by atoms with Gasteiger partial charge in [0.1, 0.15) is 0 Å². The van der Waals surface area contributed by atoms with Crippen LogP contribution in [0.25, 0.3) is 0 Å². The van der Waals surface area contributed by atoms with E-state index in [-0.39, 0.29) is 23.7 Å². The molecule has 0 atom stereocenters. The van der Waals surface area contributed by atoms with Gasteiger partial charge < -0.3 is 11.1 Å². The van der Waals surface area contributed by atoms with Crippen LogP contribution in [0.3, 0.4) is 0 Å². The van der Waals surface area contributed by atoms with Gasteiger partial charge in [-0.05, 0) is 29.3 Å². The van der Waals surface area contributed by atoms with Crippen LogP contribution in [0.4, 0.5) is 5.69 Å². The van der Waals surface area contributed by atoms with Gasteiger partial charge in [0.05, 0.1) is 6.42 Å². The van der Waals surface area contributed by atoms with Crippen LogP contribution in [-0.4, -0.2) is 12.5 Å². The molecule has 0 aliphatic rings. The summed E-state index contributed by atoms with van der Waals surface area (Å²) in [5.41, 5.74) is 8.09. The predicted molar refractivity (Wildman–Crippen MR) is 99.3 cm³/mol. The number of hydrogen-bond donors (Lipinski definition) is 2. The molecule has 1 amide bonds. The van der Waals surface area contributed by atoms with E-state index in [2.05, 4.69) is 19.2 Å². The number of nitrogen functional groups attached to an aromatic ring is 1. The third-order valence-electron chi connectivity index (χ3n) is 3.67. The molecule has 2 aromatic carbocycles. The van der Waals surface area contributed by atoms with Crippen molar-refractivity contribution >= 4 is 35.6 Å². The fourth-order valence-corrected chi connectivity index (χ4v) is 2.70. The highest BCUT2D eigenvalue weighted by atomic mass is 35.5. The van der Waals surface area contributed by atoms with Gasteiger partial charge in [-0.3, -0.25) is 4.79 Å². The summed E-state index contributed by atoms with van der Waals surface area (Å²) in [5.74, 6) is -0.00935. The van der Waals surface area contributed by atoms with Crippen LogP contribution in [0, 0.1) is 0 Å². The number of halogens is 2. The van der Waals surface area contributed by atoms with Crippen LogP contribution < -0.4 is 11.1 Å². The minimum absolute atomic E-state index is 0. The Morgan fingerprint density at radius 1 is 1.13 bits per heavy atom. The van der Waals surface area contributed by atoms with E-state index in [9.17, 15) is 4.79 Å². The smallest absolute Gasteiger partial charge is 0.224 e. The lowest BCUT2D eigenvalue weighted by atomic mass is 9.84. The van der Waals surface area contributed by atoms with Gasteiger partial charge in [0.25, 0.3) is 0 Å². The van der Waals surface area contributed by atoms with Crippen molar-refractivity contribution in [3.63, 3.8) is 0 Å². The number of nitrogens with one attached hydrogen (secondary N) is 1. The Bertz CT molecular complexity index is 654. The number of benzene rings is 2. The number of amides is 1. The van der Waals surface area contributed by atoms with Crippen molar-refractivity contribution in [3.05, 3.63) is 64.7 Å². The van der Waals surface area contributed by atoms with Crippen molar-refractivity contribution in [1.29, 1.82) is 0 Å². The van der Waals surface area contributed by atoms with Crippen LogP contribution in [0.2, 0.25) is 5.02 Å². The first-order chi connectivity index (χ1) is 10.4. The second-order valence-corrected chi connectivity index (χ2v) is 6.47. The van der Waals surface area contributed by atoms with Crippen LogP contribution in [0.5, 0.6) is 0 Å². The number of hydrogen-bond acceptors (Lipinski definition) is 2. The van der Waals surface area contributed by atoms with Crippen molar-refractivity contribution in [1.82, 2.24) is 5.32 Å². The summed E-state index contributed by atoms with van der Waals surface area (Å²) in [6.07, 6.45) is 0.346. The Labute approximate surface area is 148 Å². The minimum Gasteiger partial charge on any atom is -0.399 e. The molecule has 0 bridgehead atoms. The number of nitrogens with two attached hydrogens (primary N) is 1. The van der Waals surface area contributed by atoms with E-state index in [0.717, 1.165) is 16.1 Å². The maximum atomic E-state index is 12.1. The molecule has 0 aromatic heterocycles. The van der Waals surface area contributed by atoms with Gasteiger partial charge in [-0.2, -0.15) is 0 Å². The number of carbonyl (C=O) groups excluding carboxylic acids is 1. The second-order valence-electron chi connectivity index (χ2n) is 6.06. The lowest BCUT2D eigenvalue weighted by Gasteiger charge is -2.26. The summed E-state index contributed by atoms with van der Waals surface area (Å²) in [4.78, 5) is 12.1. The summed E-state index contributed by atoms with van der Waals surface area (Å²) >= 11 is 6.24. The summed E-state index contributed by atoms with van der Waals surface area (Å²) in [7, 11) is 0. The van der Waals surface area contributed by atoms with Crippen molar-refractivity contribution in [2.24, 2.45) is 0 Å². The molecule has 5 heteroatoms. The molecular weight excluding hydrogens is 331 g/mol. The number of rotatable bonds is 5. The number of anilines is 1. The molecule has 0 unspecified atom stereocenters. The molecule has 2 aromatic rings. The molecule has 0 saturated carbocycles. The summed E-state index contributed by atoms with van der Waals surface area (Å²) in [6.45, 7) is 4.67. The van der Waals surface area contributed by atoms with Gasteiger partial charge in [0.15, 0.2) is 0 Å². The Kier molecular flexibility index (Phi) is 6.92. The zero-order chi connectivity index (χ0) is 16.2. The molecule has 23 heavy (non-hydrogen) atoms. The normalized spacial score (nSPS) is 10.7. The molecule has 0 saturated heterocycles. The molecular formula is C18H22Cl2N2O. The minimum atomic E-state index is -0.227. The van der Waals surface area contributed by atoms with Gasteiger partial charge in [0.2, 0.25) is 5.91 Å². The van der Waals surface area contributed by atoms with E-state index in [4.69, 9.17) is 17.3 Å². The predicted octanol–water partition coefficient (Wildman–Crippen LogP) is 3.98. The zero-order valence-electron chi connectivity index (χ0n) is 13.3. The average molecular weight is 353 g/mol. The van der Waals surface area contributed by atoms with E-state index in [0.29, 0.717) is 18.7 Å². The van der Waals surface area contributed by atoms with Crippen molar-refractivity contribution < 1.29 is 4.79 Å². The second kappa shape index (κ2) is 8.23. The van der Waals surface area contributed by atoms with E-state index in [1.807, 2.05) is 36.4 Å². The highest BCUT2D eigenvalue weighted by Gasteiger charge is 2.23. The molecule has 124 valence electrons. The first kappa shape index (κ1) is 19.3. The molecule has 0 spiro atoms. The summed E-state index contributed by atoms with van der Waals surface area (Å²) in [6, 6.07) is 15.1.